The molecule has 1 aromatic rings. The first-order valence-corrected chi connectivity index (χ1v) is 11.0. The molecule has 0 bridgehead atoms. The second kappa shape index (κ2) is 17.7. The van der Waals surface area contributed by atoms with Crippen molar-refractivity contribution in [1.82, 2.24) is 16.0 Å². The van der Waals surface area contributed by atoms with Gasteiger partial charge in [-0.2, -0.15) is 0 Å². The van der Waals surface area contributed by atoms with Crippen LogP contribution in [-0.2, 0) is 14.4 Å². The molecule has 1 rings (SSSR count). The monoisotopic (exact) mass is 482 g/mol. The van der Waals surface area contributed by atoms with Crippen LogP contribution in [-0.4, -0.2) is 63.9 Å². The summed E-state index contributed by atoms with van der Waals surface area (Å²) >= 11 is 0. The van der Waals surface area contributed by atoms with Crippen LogP contribution in [0.1, 0.15) is 52.4 Å². The average molecular weight is 483 g/mol. The summed E-state index contributed by atoms with van der Waals surface area (Å²) in [6, 6.07) is 5.42. The zero-order valence-corrected chi connectivity index (χ0v) is 19.4. The molecule has 12 heteroatoms. The number of anilines is 1. The Hall–Kier alpha value is -3.83. The molecule has 0 saturated heterocycles. The van der Waals surface area contributed by atoms with Gasteiger partial charge >= 0.3 is 30.0 Å². The third kappa shape index (κ3) is 15.1. The zero-order valence-electron chi connectivity index (χ0n) is 19.4. The number of unbranched alkanes of at least 4 members (excludes halogenated alkanes) is 1. The minimum atomic E-state index is -1.41. The summed E-state index contributed by atoms with van der Waals surface area (Å²) in [5.74, 6) is -3.74. The van der Waals surface area contributed by atoms with Crippen LogP contribution >= 0.6 is 0 Å². The van der Waals surface area contributed by atoms with Gasteiger partial charge in [-0.15, -0.1) is 0 Å². The van der Waals surface area contributed by atoms with Crippen molar-refractivity contribution in [2.45, 2.75) is 64.5 Å². The van der Waals surface area contributed by atoms with Gasteiger partial charge < -0.3 is 36.6 Å². The summed E-state index contributed by atoms with van der Waals surface area (Å²) in [6.45, 7) is 4.33. The van der Waals surface area contributed by atoms with E-state index in [0.717, 1.165) is 0 Å². The van der Waals surface area contributed by atoms with Crippen LogP contribution in [0.4, 0.5) is 15.3 Å². The van der Waals surface area contributed by atoms with Gasteiger partial charge in [0.15, 0.2) is 0 Å². The molecule has 0 aliphatic rings. The van der Waals surface area contributed by atoms with Gasteiger partial charge in [-0.3, -0.25) is 9.59 Å². The lowest BCUT2D eigenvalue weighted by Crippen LogP contribution is -2.49. The number of urea groups is 2. The van der Waals surface area contributed by atoms with Crippen LogP contribution in [0.5, 0.6) is 0 Å². The van der Waals surface area contributed by atoms with Crippen molar-refractivity contribution in [2.75, 3.05) is 11.9 Å². The quantitative estimate of drug-likeness (QED) is 0.196. The minimum absolute atomic E-state index is 0.286. The number of benzene rings is 1. The van der Waals surface area contributed by atoms with E-state index in [1.807, 2.05) is 19.9 Å². The molecule has 0 heterocycles. The Morgan fingerprint density at radius 2 is 1.47 bits per heavy atom. The Morgan fingerprint density at radius 3 is 2.03 bits per heavy atom. The summed E-state index contributed by atoms with van der Waals surface area (Å²) in [5.41, 5.74) is 0.643. The van der Waals surface area contributed by atoms with Crippen LogP contribution in [0.3, 0.4) is 0 Å². The van der Waals surface area contributed by atoms with E-state index in [-0.39, 0.29) is 25.3 Å². The lowest BCUT2D eigenvalue weighted by molar-refractivity contribution is -0.141. The highest BCUT2D eigenvalue weighted by atomic mass is 16.4. The third-order valence-corrected chi connectivity index (χ3v) is 4.30. The van der Waals surface area contributed by atoms with Crippen molar-refractivity contribution >= 4 is 35.7 Å². The van der Waals surface area contributed by atoms with Crippen molar-refractivity contribution < 1.29 is 39.3 Å². The minimum Gasteiger partial charge on any atom is -0.481 e. The Balaban J connectivity index is 0.00000529. The van der Waals surface area contributed by atoms with E-state index in [1.165, 1.54) is 0 Å². The number of carbonyl (C=O) groups is 5. The maximum absolute atomic E-state index is 12.1. The SMILES string of the molecule is CC.O=C(O)CCC(NC(=O)NC(CCCCNC(=O)Nc1ccccc1)CC(=O)O)C(=O)O. The number of carbonyl (C=O) groups excluding carboxylic acids is 2. The molecular formula is C22H34N4O8. The third-order valence-electron chi connectivity index (χ3n) is 4.30. The molecule has 1 aromatic carbocycles. The Morgan fingerprint density at radius 1 is 0.824 bits per heavy atom. The second-order valence-corrected chi connectivity index (χ2v) is 6.98. The molecule has 0 saturated carbocycles. The van der Waals surface area contributed by atoms with E-state index in [2.05, 4.69) is 21.3 Å². The predicted octanol–water partition coefficient (Wildman–Crippen LogP) is 2.47. The number of para-hydroxylation sites is 1. The first-order valence-electron chi connectivity index (χ1n) is 11.0. The van der Waals surface area contributed by atoms with Crippen LogP contribution < -0.4 is 21.3 Å². The summed E-state index contributed by atoms with van der Waals surface area (Å²) in [7, 11) is 0. The van der Waals surface area contributed by atoms with Crippen LogP contribution in [0.15, 0.2) is 30.3 Å². The largest absolute Gasteiger partial charge is 0.481 e. The van der Waals surface area contributed by atoms with Crippen LogP contribution in [0.2, 0.25) is 0 Å². The molecular weight excluding hydrogens is 448 g/mol. The van der Waals surface area contributed by atoms with Gasteiger partial charge in [0.05, 0.1) is 6.42 Å². The number of amides is 4. The van der Waals surface area contributed by atoms with Gasteiger partial charge in [-0.25, -0.2) is 14.4 Å². The highest BCUT2D eigenvalue weighted by Crippen LogP contribution is 2.07. The lowest BCUT2D eigenvalue weighted by atomic mass is 10.1. The fourth-order valence-electron chi connectivity index (χ4n) is 2.76. The summed E-state index contributed by atoms with van der Waals surface area (Å²) in [6.07, 6.45) is 0.180. The maximum atomic E-state index is 12.1. The molecule has 2 unspecified atom stereocenters. The van der Waals surface area contributed by atoms with Gasteiger partial charge in [-0.05, 0) is 37.8 Å². The molecule has 4 amide bonds. The van der Waals surface area contributed by atoms with Gasteiger partial charge in [0.25, 0.3) is 0 Å². The molecule has 0 radical (unpaired) electrons. The Bertz CT molecular complexity index is 788. The number of hydrogen-bond donors (Lipinski definition) is 7. The van der Waals surface area contributed by atoms with Crippen molar-refractivity contribution in [3.05, 3.63) is 30.3 Å². The molecule has 34 heavy (non-hydrogen) atoms. The molecule has 0 aliphatic carbocycles. The van der Waals surface area contributed by atoms with E-state index in [1.54, 1.807) is 24.3 Å². The molecule has 2 atom stereocenters. The van der Waals surface area contributed by atoms with Crippen molar-refractivity contribution in [3.63, 3.8) is 0 Å². The summed E-state index contributed by atoms with van der Waals surface area (Å²) < 4.78 is 0. The Labute approximate surface area is 198 Å². The highest BCUT2D eigenvalue weighted by Gasteiger charge is 2.23. The first kappa shape index (κ1) is 30.2. The van der Waals surface area contributed by atoms with Crippen molar-refractivity contribution in [2.24, 2.45) is 0 Å². The molecule has 190 valence electrons. The molecule has 12 nitrogen and oxygen atoms in total. The van der Waals surface area contributed by atoms with Gasteiger partial charge in [-0.1, -0.05) is 32.0 Å². The van der Waals surface area contributed by atoms with E-state index in [9.17, 15) is 24.0 Å². The van der Waals surface area contributed by atoms with E-state index >= 15 is 0 Å². The zero-order chi connectivity index (χ0) is 25.9. The normalized spacial score (nSPS) is 11.6. The highest BCUT2D eigenvalue weighted by molar-refractivity contribution is 5.89. The van der Waals surface area contributed by atoms with E-state index in [0.29, 0.717) is 25.1 Å². The average Bonchev–Trinajstić information content (AvgIpc) is 2.77. The maximum Gasteiger partial charge on any atom is 0.326 e. The lowest BCUT2D eigenvalue weighted by Gasteiger charge is -2.20. The molecule has 0 aromatic heterocycles. The fraction of sp³-hybridized carbons (Fsp3) is 0.500. The van der Waals surface area contributed by atoms with E-state index < -0.39 is 42.4 Å². The van der Waals surface area contributed by atoms with Gasteiger partial charge in [0, 0.05) is 24.7 Å². The van der Waals surface area contributed by atoms with Crippen molar-refractivity contribution in [1.29, 1.82) is 0 Å². The number of nitrogens with one attached hydrogen (secondary N) is 4. The van der Waals surface area contributed by atoms with Gasteiger partial charge in [0.2, 0.25) is 0 Å². The number of carboxylic acid groups (broad SMARTS) is 3. The smallest absolute Gasteiger partial charge is 0.326 e. The molecule has 0 spiro atoms. The topological polar surface area (TPSA) is 194 Å². The van der Waals surface area contributed by atoms with Crippen LogP contribution in [0, 0.1) is 0 Å². The van der Waals surface area contributed by atoms with E-state index in [4.69, 9.17) is 15.3 Å². The number of aliphatic carboxylic acids is 3. The standard InChI is InChI=1S/C20H28N4O8.C2H6/c25-16(26)10-9-15(18(29)30)24-20(32)23-14(12-17(27)28)8-4-5-11-21-19(31)22-13-6-2-1-3-7-13;1-2/h1-3,6-7,14-15H,4-5,8-12H2,(H,25,26)(H,27,28)(H,29,30)(H2,21,22,31)(H2,23,24,32);1-2H3. The summed E-state index contributed by atoms with van der Waals surface area (Å²) in [4.78, 5) is 56.7. The second-order valence-electron chi connectivity index (χ2n) is 6.98. The summed E-state index contributed by atoms with van der Waals surface area (Å²) in [5, 5.41) is 36.7. The molecule has 0 fully saturated rings. The van der Waals surface area contributed by atoms with Crippen molar-refractivity contribution in [3.8, 4) is 0 Å². The predicted molar refractivity (Wildman–Crippen MR) is 125 cm³/mol. The number of rotatable bonds is 14. The molecule has 0 aliphatic heterocycles. The van der Waals surface area contributed by atoms with Gasteiger partial charge in [0.1, 0.15) is 6.04 Å². The Kier molecular flexibility index (Phi) is 15.7. The first-order chi connectivity index (χ1) is 16.2. The fourth-order valence-corrected chi connectivity index (χ4v) is 2.76. The van der Waals surface area contributed by atoms with Crippen LogP contribution in [0.25, 0.3) is 0 Å². The number of hydrogen-bond acceptors (Lipinski definition) is 5. The number of carboxylic acids is 3. The molecule has 7 N–H and O–H groups in total.